The molecule has 0 aromatic heterocycles. The van der Waals surface area contributed by atoms with Crippen LogP contribution < -0.4 is 5.32 Å². The zero-order valence-corrected chi connectivity index (χ0v) is 11.1. The van der Waals surface area contributed by atoms with E-state index >= 15 is 0 Å². The van der Waals surface area contributed by atoms with Crippen LogP contribution in [0.15, 0.2) is 11.1 Å². The fourth-order valence-electron chi connectivity index (χ4n) is 1.79. The van der Waals surface area contributed by atoms with Gasteiger partial charge in [0.05, 0.1) is 7.11 Å². The zero-order valence-electron chi connectivity index (χ0n) is 11.1. The maximum absolute atomic E-state index is 11.9. The molecule has 0 saturated heterocycles. The Morgan fingerprint density at radius 2 is 1.88 bits per heavy atom. The topological polar surface area (TPSA) is 55.4 Å². The number of amides is 1. The smallest absolute Gasteiger partial charge is 0.334 e. The first kappa shape index (κ1) is 13.7. The van der Waals surface area contributed by atoms with Crippen LogP contribution in [0.5, 0.6) is 0 Å². The van der Waals surface area contributed by atoms with Crippen molar-refractivity contribution >= 4 is 11.9 Å². The molecule has 0 aromatic rings. The van der Waals surface area contributed by atoms with Gasteiger partial charge in [-0.2, -0.15) is 0 Å². The second-order valence-corrected chi connectivity index (χ2v) is 5.55. The Labute approximate surface area is 104 Å². The van der Waals surface area contributed by atoms with Gasteiger partial charge >= 0.3 is 5.97 Å². The summed E-state index contributed by atoms with van der Waals surface area (Å²) < 4.78 is 4.68. The number of hydrogen-bond donors (Lipinski definition) is 1. The van der Waals surface area contributed by atoms with Crippen LogP contribution in [0.2, 0.25) is 0 Å². The zero-order chi connectivity index (χ0) is 13.1. The largest absolute Gasteiger partial charge is 0.466 e. The highest BCUT2D eigenvalue weighted by Gasteiger charge is 2.26. The Morgan fingerprint density at radius 1 is 1.29 bits per heavy atom. The highest BCUT2D eigenvalue weighted by atomic mass is 16.5. The number of esters is 1. The van der Waals surface area contributed by atoms with Gasteiger partial charge in [-0.15, -0.1) is 0 Å². The fourth-order valence-corrected chi connectivity index (χ4v) is 1.79. The van der Waals surface area contributed by atoms with Crippen LogP contribution in [-0.2, 0) is 14.3 Å². The maximum Gasteiger partial charge on any atom is 0.334 e. The summed E-state index contributed by atoms with van der Waals surface area (Å²) in [4.78, 5) is 23.4. The number of carbonyl (C=O) groups excluding carboxylic acids is 2. The maximum atomic E-state index is 11.9. The average molecular weight is 241 g/mol. The Balaban J connectivity index is 0.00000289. The van der Waals surface area contributed by atoms with Crippen LogP contribution in [0.25, 0.3) is 0 Å². The minimum absolute atomic E-state index is 0. The molecule has 0 atom stereocenters. The lowest BCUT2D eigenvalue weighted by atomic mass is 9.97. The molecule has 0 unspecified atom stereocenters. The molecule has 17 heavy (non-hydrogen) atoms. The molecule has 0 saturated carbocycles. The van der Waals surface area contributed by atoms with E-state index in [1.165, 1.54) is 7.11 Å². The number of methoxy groups -OCH3 is 1. The lowest BCUT2D eigenvalue weighted by Gasteiger charge is -2.19. The van der Waals surface area contributed by atoms with Gasteiger partial charge in [0, 0.05) is 19.1 Å². The first-order valence-corrected chi connectivity index (χ1v) is 5.93. The van der Waals surface area contributed by atoms with Crippen molar-refractivity contribution in [2.45, 2.75) is 40.0 Å². The number of hydrogen-bond acceptors (Lipinski definition) is 3. The third-order valence-corrected chi connectivity index (χ3v) is 2.70. The van der Waals surface area contributed by atoms with Crippen LogP contribution in [0, 0.1) is 5.41 Å². The van der Waals surface area contributed by atoms with Crippen LogP contribution >= 0.6 is 0 Å². The second kappa shape index (κ2) is 5.34. The van der Waals surface area contributed by atoms with E-state index < -0.39 is 0 Å². The number of ether oxygens (including phenoxy) is 1. The molecule has 0 fully saturated rings. The minimum Gasteiger partial charge on any atom is -0.466 e. The molecule has 4 nitrogen and oxygen atoms in total. The van der Waals surface area contributed by atoms with Crippen molar-refractivity contribution in [3.63, 3.8) is 0 Å². The lowest BCUT2D eigenvalue weighted by molar-refractivity contribution is -0.136. The molecule has 0 bridgehead atoms. The first-order chi connectivity index (χ1) is 7.85. The van der Waals surface area contributed by atoms with Crippen molar-refractivity contribution in [2.24, 2.45) is 5.41 Å². The molecule has 4 heteroatoms. The molecule has 98 valence electrons. The number of carbonyl (C=O) groups is 2. The standard InChI is InChI=1S/C13H21NO3.H2/c1-13(2,3)8-14-11(15)9-6-5-7-10(9)12(16)17-4;/h5-8H2,1-4H3,(H,14,15);1H. The Hall–Kier alpha value is -1.32. The third kappa shape index (κ3) is 3.88. The molecular weight excluding hydrogens is 218 g/mol. The monoisotopic (exact) mass is 241 g/mol. The average Bonchev–Trinajstić information content (AvgIpc) is 2.72. The van der Waals surface area contributed by atoms with Crippen molar-refractivity contribution in [3.05, 3.63) is 11.1 Å². The van der Waals surface area contributed by atoms with Gasteiger partial charge in [0.15, 0.2) is 0 Å². The minimum atomic E-state index is -0.372. The van der Waals surface area contributed by atoms with Crippen LogP contribution in [0.3, 0.4) is 0 Å². The van der Waals surface area contributed by atoms with Gasteiger partial charge in [0.2, 0.25) is 5.91 Å². The molecule has 1 aliphatic rings. The first-order valence-electron chi connectivity index (χ1n) is 5.93. The summed E-state index contributed by atoms with van der Waals surface area (Å²) in [6.45, 7) is 6.76. The summed E-state index contributed by atoms with van der Waals surface area (Å²) in [5.74, 6) is -0.499. The Kier molecular flexibility index (Phi) is 4.32. The normalized spacial score (nSPS) is 16.0. The predicted octanol–water partition coefficient (Wildman–Crippen LogP) is 2.05. The van der Waals surface area contributed by atoms with E-state index in [0.29, 0.717) is 30.5 Å². The van der Waals surface area contributed by atoms with Crippen molar-refractivity contribution in [1.82, 2.24) is 5.32 Å². The molecule has 0 aliphatic heterocycles. The van der Waals surface area contributed by atoms with Crippen molar-refractivity contribution in [3.8, 4) is 0 Å². The fraction of sp³-hybridized carbons (Fsp3) is 0.692. The van der Waals surface area contributed by atoms with E-state index in [0.717, 1.165) is 6.42 Å². The summed E-state index contributed by atoms with van der Waals surface area (Å²) in [5, 5.41) is 2.87. The van der Waals surface area contributed by atoms with Crippen LogP contribution in [0.4, 0.5) is 0 Å². The van der Waals surface area contributed by atoms with E-state index in [9.17, 15) is 9.59 Å². The van der Waals surface area contributed by atoms with E-state index in [1.807, 2.05) is 0 Å². The van der Waals surface area contributed by atoms with Gasteiger partial charge in [-0.05, 0) is 24.7 Å². The summed E-state index contributed by atoms with van der Waals surface area (Å²) in [5.41, 5.74) is 1.18. The van der Waals surface area contributed by atoms with Crippen LogP contribution in [0.1, 0.15) is 41.5 Å². The van der Waals surface area contributed by atoms with Gasteiger partial charge in [-0.3, -0.25) is 4.79 Å². The molecular formula is C13H23NO3. The lowest BCUT2D eigenvalue weighted by Crippen LogP contribution is -2.33. The summed E-state index contributed by atoms with van der Waals surface area (Å²) in [6.07, 6.45) is 2.16. The van der Waals surface area contributed by atoms with E-state index in [2.05, 4.69) is 30.8 Å². The highest BCUT2D eigenvalue weighted by Crippen LogP contribution is 2.27. The molecule has 1 aliphatic carbocycles. The van der Waals surface area contributed by atoms with Gasteiger partial charge in [-0.25, -0.2) is 4.79 Å². The van der Waals surface area contributed by atoms with Crippen molar-refractivity contribution in [2.75, 3.05) is 13.7 Å². The summed E-state index contributed by atoms with van der Waals surface area (Å²) in [6, 6.07) is 0. The molecule has 0 aromatic carbocycles. The second-order valence-electron chi connectivity index (χ2n) is 5.55. The number of nitrogens with one attached hydrogen (secondary N) is 1. The third-order valence-electron chi connectivity index (χ3n) is 2.70. The van der Waals surface area contributed by atoms with Gasteiger partial charge < -0.3 is 10.1 Å². The molecule has 1 rings (SSSR count). The SMILES string of the molecule is COC(=O)C1=C(C(=O)NCC(C)(C)C)CCC1.[HH]. The van der Waals surface area contributed by atoms with E-state index in [1.54, 1.807) is 0 Å². The molecule has 0 heterocycles. The van der Waals surface area contributed by atoms with Crippen molar-refractivity contribution < 1.29 is 15.8 Å². The summed E-state index contributed by atoms with van der Waals surface area (Å²) in [7, 11) is 1.35. The van der Waals surface area contributed by atoms with E-state index in [-0.39, 0.29) is 18.7 Å². The van der Waals surface area contributed by atoms with Gasteiger partial charge in [0.1, 0.15) is 0 Å². The van der Waals surface area contributed by atoms with Crippen LogP contribution in [-0.4, -0.2) is 25.5 Å². The molecule has 0 radical (unpaired) electrons. The number of rotatable bonds is 3. The van der Waals surface area contributed by atoms with Gasteiger partial charge in [-0.1, -0.05) is 20.8 Å². The molecule has 0 spiro atoms. The summed E-state index contributed by atoms with van der Waals surface area (Å²) >= 11 is 0. The quantitative estimate of drug-likeness (QED) is 0.769. The highest BCUT2D eigenvalue weighted by molar-refractivity contribution is 6.03. The van der Waals surface area contributed by atoms with Crippen molar-refractivity contribution in [1.29, 1.82) is 0 Å². The predicted molar refractivity (Wildman–Crippen MR) is 67.5 cm³/mol. The van der Waals surface area contributed by atoms with E-state index in [4.69, 9.17) is 0 Å². The van der Waals surface area contributed by atoms with Gasteiger partial charge in [0.25, 0.3) is 0 Å². The Morgan fingerprint density at radius 3 is 2.41 bits per heavy atom. The molecule has 1 N–H and O–H groups in total. The Bertz CT molecular complexity index is 356. The molecule has 1 amide bonds.